The molecular weight excluding hydrogens is 226 g/mol. The summed E-state index contributed by atoms with van der Waals surface area (Å²) < 4.78 is 5.62. The zero-order valence-corrected chi connectivity index (χ0v) is 11.7. The molecule has 18 heavy (non-hydrogen) atoms. The van der Waals surface area contributed by atoms with Crippen molar-refractivity contribution in [3.63, 3.8) is 0 Å². The molecule has 0 bridgehead atoms. The number of hydrogen-bond donors (Lipinski definition) is 1. The van der Waals surface area contributed by atoms with Crippen LogP contribution in [0.25, 0.3) is 0 Å². The van der Waals surface area contributed by atoms with Crippen molar-refractivity contribution in [3.05, 3.63) is 24.0 Å². The fourth-order valence-electron chi connectivity index (χ4n) is 1.60. The third-order valence-electron chi connectivity index (χ3n) is 2.81. The highest BCUT2D eigenvalue weighted by Gasteiger charge is 2.03. The van der Waals surface area contributed by atoms with Crippen molar-refractivity contribution in [1.29, 1.82) is 0 Å². The smallest absolute Gasteiger partial charge is 0.137 e. The van der Waals surface area contributed by atoms with E-state index in [2.05, 4.69) is 30.9 Å². The van der Waals surface area contributed by atoms with Crippen molar-refractivity contribution in [2.75, 3.05) is 27.2 Å². The molecule has 2 N–H and O–H groups in total. The van der Waals surface area contributed by atoms with Crippen LogP contribution in [-0.4, -0.2) is 43.2 Å². The molecule has 0 amide bonds. The lowest BCUT2D eigenvalue weighted by atomic mass is 10.1. The van der Waals surface area contributed by atoms with Crippen molar-refractivity contribution in [1.82, 2.24) is 9.88 Å². The summed E-state index contributed by atoms with van der Waals surface area (Å²) in [6, 6.07) is 4.17. The molecule has 0 aliphatic rings. The summed E-state index contributed by atoms with van der Waals surface area (Å²) in [5.74, 6) is 0.836. The molecule has 1 heterocycles. The predicted octanol–water partition coefficient (Wildman–Crippen LogP) is 1.69. The van der Waals surface area contributed by atoms with E-state index in [9.17, 15) is 0 Å². The van der Waals surface area contributed by atoms with Crippen LogP contribution in [-0.2, 0) is 6.42 Å². The molecule has 102 valence electrons. The van der Waals surface area contributed by atoms with Crippen LogP contribution < -0.4 is 10.5 Å². The SMILES string of the molecule is CCC(N)Cc1ccc(OCCCN(C)C)cn1. The molecule has 1 atom stereocenters. The molecular formula is C14H25N3O. The second kappa shape index (κ2) is 8.06. The van der Waals surface area contributed by atoms with Crippen LogP contribution in [0.4, 0.5) is 0 Å². The quantitative estimate of drug-likeness (QED) is 0.714. The summed E-state index contributed by atoms with van der Waals surface area (Å²) in [6.07, 6.45) is 4.62. The Morgan fingerprint density at radius 2 is 2.17 bits per heavy atom. The van der Waals surface area contributed by atoms with Crippen molar-refractivity contribution < 1.29 is 4.74 Å². The maximum Gasteiger partial charge on any atom is 0.137 e. The van der Waals surface area contributed by atoms with Crippen LogP contribution in [0.1, 0.15) is 25.5 Å². The Kier molecular flexibility index (Phi) is 6.68. The Hall–Kier alpha value is -1.13. The Morgan fingerprint density at radius 1 is 1.39 bits per heavy atom. The van der Waals surface area contributed by atoms with Crippen LogP contribution in [0.15, 0.2) is 18.3 Å². The van der Waals surface area contributed by atoms with E-state index < -0.39 is 0 Å². The first-order valence-electron chi connectivity index (χ1n) is 6.60. The molecule has 0 aliphatic heterocycles. The van der Waals surface area contributed by atoms with E-state index in [0.29, 0.717) is 0 Å². The van der Waals surface area contributed by atoms with Crippen molar-refractivity contribution in [2.45, 2.75) is 32.2 Å². The maximum absolute atomic E-state index is 5.89. The molecule has 0 fully saturated rings. The van der Waals surface area contributed by atoms with Gasteiger partial charge in [-0.15, -0.1) is 0 Å². The van der Waals surface area contributed by atoms with Gasteiger partial charge in [0.05, 0.1) is 12.8 Å². The van der Waals surface area contributed by atoms with Crippen LogP contribution in [0.2, 0.25) is 0 Å². The lowest BCUT2D eigenvalue weighted by Gasteiger charge is -2.11. The Balaban J connectivity index is 2.31. The van der Waals surface area contributed by atoms with Gasteiger partial charge in [0.25, 0.3) is 0 Å². The summed E-state index contributed by atoms with van der Waals surface area (Å²) in [6.45, 7) is 3.86. The first-order valence-corrected chi connectivity index (χ1v) is 6.60. The average molecular weight is 251 g/mol. The summed E-state index contributed by atoms with van der Waals surface area (Å²) in [5, 5.41) is 0. The number of pyridine rings is 1. The van der Waals surface area contributed by atoms with Crippen molar-refractivity contribution in [2.24, 2.45) is 5.73 Å². The molecule has 0 saturated carbocycles. The highest BCUT2D eigenvalue weighted by Crippen LogP contribution is 2.10. The fraction of sp³-hybridized carbons (Fsp3) is 0.643. The van der Waals surface area contributed by atoms with Gasteiger partial charge in [-0.3, -0.25) is 4.98 Å². The van der Waals surface area contributed by atoms with Gasteiger partial charge in [0.1, 0.15) is 5.75 Å². The molecule has 0 saturated heterocycles. The number of nitrogens with two attached hydrogens (primary N) is 1. The fourth-order valence-corrected chi connectivity index (χ4v) is 1.60. The molecule has 4 nitrogen and oxygen atoms in total. The summed E-state index contributed by atoms with van der Waals surface area (Å²) in [7, 11) is 4.13. The monoisotopic (exact) mass is 251 g/mol. The van der Waals surface area contributed by atoms with E-state index in [-0.39, 0.29) is 6.04 Å². The topological polar surface area (TPSA) is 51.4 Å². The van der Waals surface area contributed by atoms with E-state index in [1.54, 1.807) is 6.20 Å². The molecule has 0 spiro atoms. The minimum Gasteiger partial charge on any atom is -0.492 e. The lowest BCUT2D eigenvalue weighted by Crippen LogP contribution is -2.21. The predicted molar refractivity (Wildman–Crippen MR) is 74.9 cm³/mol. The number of aromatic nitrogens is 1. The summed E-state index contributed by atoms with van der Waals surface area (Å²) in [4.78, 5) is 6.51. The molecule has 0 aliphatic carbocycles. The van der Waals surface area contributed by atoms with E-state index in [1.807, 2.05) is 12.1 Å². The molecule has 4 heteroatoms. The lowest BCUT2D eigenvalue weighted by molar-refractivity contribution is 0.280. The van der Waals surface area contributed by atoms with E-state index >= 15 is 0 Å². The average Bonchev–Trinajstić information content (AvgIpc) is 2.36. The van der Waals surface area contributed by atoms with Gasteiger partial charge in [-0.05, 0) is 39.1 Å². The van der Waals surface area contributed by atoms with Gasteiger partial charge in [0.15, 0.2) is 0 Å². The highest BCUT2D eigenvalue weighted by molar-refractivity contribution is 5.20. The van der Waals surface area contributed by atoms with E-state index in [1.165, 1.54) is 0 Å². The second-order valence-corrected chi connectivity index (χ2v) is 4.86. The molecule has 1 aromatic heterocycles. The van der Waals surface area contributed by atoms with Gasteiger partial charge in [0, 0.05) is 24.7 Å². The highest BCUT2D eigenvalue weighted by atomic mass is 16.5. The number of rotatable bonds is 8. The van der Waals surface area contributed by atoms with Crippen molar-refractivity contribution in [3.8, 4) is 5.75 Å². The molecule has 0 radical (unpaired) electrons. The van der Waals surface area contributed by atoms with Gasteiger partial charge >= 0.3 is 0 Å². The van der Waals surface area contributed by atoms with Crippen LogP contribution in [0.3, 0.4) is 0 Å². The Morgan fingerprint density at radius 3 is 2.72 bits per heavy atom. The van der Waals surface area contributed by atoms with E-state index in [0.717, 1.165) is 43.9 Å². The third-order valence-corrected chi connectivity index (χ3v) is 2.81. The number of ether oxygens (including phenoxy) is 1. The first-order chi connectivity index (χ1) is 8.61. The third kappa shape index (κ3) is 5.98. The molecule has 1 unspecified atom stereocenters. The van der Waals surface area contributed by atoms with Gasteiger partial charge < -0.3 is 15.4 Å². The minimum atomic E-state index is 0.198. The summed E-state index contributed by atoms with van der Waals surface area (Å²) >= 11 is 0. The van der Waals surface area contributed by atoms with Crippen LogP contribution >= 0.6 is 0 Å². The van der Waals surface area contributed by atoms with Crippen LogP contribution in [0, 0.1) is 0 Å². The minimum absolute atomic E-state index is 0.198. The zero-order chi connectivity index (χ0) is 13.4. The second-order valence-electron chi connectivity index (χ2n) is 4.86. The number of hydrogen-bond acceptors (Lipinski definition) is 4. The van der Waals surface area contributed by atoms with Gasteiger partial charge in [0.2, 0.25) is 0 Å². The van der Waals surface area contributed by atoms with E-state index in [4.69, 9.17) is 10.5 Å². The van der Waals surface area contributed by atoms with Gasteiger partial charge in [-0.25, -0.2) is 0 Å². The van der Waals surface area contributed by atoms with Gasteiger partial charge in [-0.1, -0.05) is 6.92 Å². The normalized spacial score (nSPS) is 12.7. The number of nitrogens with zero attached hydrogens (tertiary/aromatic N) is 2. The largest absolute Gasteiger partial charge is 0.492 e. The Labute approximate surface area is 110 Å². The first kappa shape index (κ1) is 14.9. The maximum atomic E-state index is 5.89. The summed E-state index contributed by atoms with van der Waals surface area (Å²) in [5.41, 5.74) is 6.93. The molecule has 1 aromatic rings. The standard InChI is InChI=1S/C14H25N3O/c1-4-12(15)10-13-6-7-14(11-16-13)18-9-5-8-17(2)3/h6-7,11-12H,4-5,8-10,15H2,1-3H3. The molecule has 1 rings (SSSR count). The Bertz CT molecular complexity index is 324. The van der Waals surface area contributed by atoms with Crippen LogP contribution in [0.5, 0.6) is 5.75 Å². The molecule has 0 aromatic carbocycles. The van der Waals surface area contributed by atoms with Gasteiger partial charge in [-0.2, -0.15) is 0 Å². The van der Waals surface area contributed by atoms with Crippen molar-refractivity contribution >= 4 is 0 Å². The zero-order valence-electron chi connectivity index (χ0n) is 11.7.